The minimum Gasteiger partial charge on any atom is -0.491 e. The maximum absolute atomic E-state index is 9.76. The Kier molecular flexibility index (Phi) is 4.07. The molecule has 17 heavy (non-hydrogen) atoms. The van der Waals surface area contributed by atoms with Crippen molar-refractivity contribution in [1.29, 1.82) is 0 Å². The predicted molar refractivity (Wildman–Crippen MR) is 71.3 cm³/mol. The van der Waals surface area contributed by atoms with Crippen molar-refractivity contribution in [2.45, 2.75) is 31.4 Å². The van der Waals surface area contributed by atoms with Gasteiger partial charge in [0.2, 0.25) is 0 Å². The molecule has 1 atom stereocenters. The molecule has 94 valence electrons. The first-order chi connectivity index (χ1) is 8.07. The SMILES string of the molecule is CC1(NCC(O)COc2ccc(Br)cc2)CC1. The minimum atomic E-state index is -0.462. The molecule has 1 fully saturated rings. The number of β-amino-alcohol motifs (C(OH)–C–C–N with tert-alkyl or cyclic N) is 1. The zero-order chi connectivity index (χ0) is 12.3. The highest BCUT2D eigenvalue weighted by Crippen LogP contribution is 2.33. The smallest absolute Gasteiger partial charge is 0.119 e. The molecule has 3 nitrogen and oxygen atoms in total. The maximum Gasteiger partial charge on any atom is 0.119 e. The summed E-state index contributed by atoms with van der Waals surface area (Å²) in [4.78, 5) is 0. The van der Waals surface area contributed by atoms with Crippen molar-refractivity contribution in [2.75, 3.05) is 13.2 Å². The number of benzene rings is 1. The van der Waals surface area contributed by atoms with Crippen LogP contribution < -0.4 is 10.1 Å². The van der Waals surface area contributed by atoms with Crippen molar-refractivity contribution in [3.8, 4) is 5.75 Å². The van der Waals surface area contributed by atoms with Crippen LogP contribution >= 0.6 is 15.9 Å². The average molecular weight is 300 g/mol. The molecule has 4 heteroatoms. The number of rotatable bonds is 6. The van der Waals surface area contributed by atoms with E-state index in [0.29, 0.717) is 13.2 Å². The molecular weight excluding hydrogens is 282 g/mol. The lowest BCUT2D eigenvalue weighted by atomic mass is 10.3. The van der Waals surface area contributed by atoms with E-state index in [9.17, 15) is 5.11 Å². The molecule has 0 spiro atoms. The Balaban J connectivity index is 1.68. The van der Waals surface area contributed by atoms with Gasteiger partial charge in [0, 0.05) is 16.6 Å². The van der Waals surface area contributed by atoms with Crippen molar-refractivity contribution in [2.24, 2.45) is 0 Å². The third kappa shape index (κ3) is 4.30. The monoisotopic (exact) mass is 299 g/mol. The number of nitrogens with one attached hydrogen (secondary N) is 1. The maximum atomic E-state index is 9.76. The van der Waals surface area contributed by atoms with Gasteiger partial charge in [0.25, 0.3) is 0 Å². The van der Waals surface area contributed by atoms with E-state index >= 15 is 0 Å². The van der Waals surface area contributed by atoms with Gasteiger partial charge < -0.3 is 15.2 Å². The summed E-state index contributed by atoms with van der Waals surface area (Å²) in [7, 11) is 0. The summed E-state index contributed by atoms with van der Waals surface area (Å²) in [6.07, 6.45) is 1.94. The van der Waals surface area contributed by atoms with Gasteiger partial charge in [0.05, 0.1) is 0 Å². The molecule has 0 bridgehead atoms. The lowest BCUT2D eigenvalue weighted by Crippen LogP contribution is -2.37. The largest absolute Gasteiger partial charge is 0.491 e. The number of aliphatic hydroxyl groups is 1. The first-order valence-corrected chi connectivity index (χ1v) is 6.68. The van der Waals surface area contributed by atoms with Gasteiger partial charge in [-0.1, -0.05) is 15.9 Å². The van der Waals surface area contributed by atoms with E-state index in [1.54, 1.807) is 0 Å². The van der Waals surface area contributed by atoms with Crippen LogP contribution in [0.2, 0.25) is 0 Å². The summed E-state index contributed by atoms with van der Waals surface area (Å²) in [6.45, 7) is 3.09. The highest BCUT2D eigenvalue weighted by atomic mass is 79.9. The van der Waals surface area contributed by atoms with Gasteiger partial charge in [0.1, 0.15) is 18.5 Å². The number of halogens is 1. The van der Waals surface area contributed by atoms with Crippen LogP contribution in [0.1, 0.15) is 19.8 Å². The predicted octanol–water partition coefficient (Wildman–Crippen LogP) is 2.33. The lowest BCUT2D eigenvalue weighted by molar-refractivity contribution is 0.103. The van der Waals surface area contributed by atoms with E-state index in [2.05, 4.69) is 28.2 Å². The molecule has 1 saturated carbocycles. The minimum absolute atomic E-state index is 0.262. The Morgan fingerprint density at radius 3 is 2.65 bits per heavy atom. The fraction of sp³-hybridized carbons (Fsp3) is 0.538. The van der Waals surface area contributed by atoms with E-state index in [-0.39, 0.29) is 5.54 Å². The van der Waals surface area contributed by atoms with Crippen LogP contribution in [0.3, 0.4) is 0 Å². The summed E-state index contributed by atoms with van der Waals surface area (Å²) in [5, 5.41) is 13.1. The zero-order valence-electron chi connectivity index (χ0n) is 9.95. The van der Waals surface area contributed by atoms with Crippen molar-refractivity contribution in [3.63, 3.8) is 0 Å². The summed E-state index contributed by atoms with van der Waals surface area (Å²) < 4.78 is 6.52. The van der Waals surface area contributed by atoms with Gasteiger partial charge in [-0.2, -0.15) is 0 Å². The second-order valence-corrected chi connectivity index (χ2v) is 5.78. The Labute approximate surface area is 110 Å². The molecule has 0 saturated heterocycles. The molecule has 0 aliphatic heterocycles. The van der Waals surface area contributed by atoms with Gasteiger partial charge in [-0.3, -0.25) is 0 Å². The fourth-order valence-electron chi connectivity index (χ4n) is 1.51. The first kappa shape index (κ1) is 12.9. The van der Waals surface area contributed by atoms with Gasteiger partial charge in [-0.15, -0.1) is 0 Å². The molecular formula is C13H18BrNO2. The van der Waals surface area contributed by atoms with E-state index < -0.39 is 6.10 Å². The Morgan fingerprint density at radius 1 is 1.41 bits per heavy atom. The number of ether oxygens (including phenoxy) is 1. The second kappa shape index (κ2) is 5.38. The van der Waals surface area contributed by atoms with E-state index in [1.807, 2.05) is 24.3 Å². The normalized spacial score (nSPS) is 18.8. The average Bonchev–Trinajstić information content (AvgIpc) is 3.05. The topological polar surface area (TPSA) is 41.5 Å². The summed E-state index contributed by atoms with van der Waals surface area (Å²) in [6, 6.07) is 7.61. The molecule has 1 aliphatic carbocycles. The third-order valence-corrected chi connectivity index (χ3v) is 3.55. The number of aliphatic hydroxyl groups excluding tert-OH is 1. The molecule has 2 N–H and O–H groups in total. The summed E-state index contributed by atoms with van der Waals surface area (Å²) in [5.74, 6) is 0.782. The molecule has 0 radical (unpaired) electrons. The highest BCUT2D eigenvalue weighted by molar-refractivity contribution is 9.10. The van der Waals surface area contributed by atoms with Crippen LogP contribution in [-0.4, -0.2) is 29.9 Å². The van der Waals surface area contributed by atoms with Gasteiger partial charge >= 0.3 is 0 Å². The van der Waals surface area contributed by atoms with Gasteiger partial charge in [-0.05, 0) is 44.0 Å². The third-order valence-electron chi connectivity index (χ3n) is 3.02. The number of hydrogen-bond donors (Lipinski definition) is 2. The van der Waals surface area contributed by atoms with Crippen LogP contribution in [0.5, 0.6) is 5.75 Å². The van der Waals surface area contributed by atoms with E-state index in [4.69, 9.17) is 4.74 Å². The molecule has 1 aliphatic rings. The molecule has 2 rings (SSSR count). The Morgan fingerprint density at radius 2 is 2.06 bits per heavy atom. The molecule has 0 aromatic heterocycles. The Bertz CT molecular complexity index is 362. The van der Waals surface area contributed by atoms with Crippen molar-refractivity contribution in [3.05, 3.63) is 28.7 Å². The summed E-state index contributed by atoms with van der Waals surface area (Å²) in [5.41, 5.74) is 0.262. The van der Waals surface area contributed by atoms with Crippen molar-refractivity contribution >= 4 is 15.9 Å². The molecule has 0 heterocycles. The van der Waals surface area contributed by atoms with Crippen LogP contribution in [0.4, 0.5) is 0 Å². The number of hydrogen-bond acceptors (Lipinski definition) is 3. The van der Waals surface area contributed by atoms with E-state index in [0.717, 1.165) is 10.2 Å². The lowest BCUT2D eigenvalue weighted by Gasteiger charge is -2.16. The van der Waals surface area contributed by atoms with Crippen LogP contribution in [-0.2, 0) is 0 Å². The van der Waals surface area contributed by atoms with Crippen molar-refractivity contribution in [1.82, 2.24) is 5.32 Å². The Hall–Kier alpha value is -0.580. The van der Waals surface area contributed by atoms with Crippen LogP contribution in [0.15, 0.2) is 28.7 Å². The molecule has 1 aromatic carbocycles. The molecule has 1 aromatic rings. The van der Waals surface area contributed by atoms with Crippen LogP contribution in [0.25, 0.3) is 0 Å². The van der Waals surface area contributed by atoms with Gasteiger partial charge in [0.15, 0.2) is 0 Å². The van der Waals surface area contributed by atoms with Crippen molar-refractivity contribution < 1.29 is 9.84 Å². The van der Waals surface area contributed by atoms with E-state index in [1.165, 1.54) is 12.8 Å². The molecule has 1 unspecified atom stereocenters. The highest BCUT2D eigenvalue weighted by Gasteiger charge is 2.36. The zero-order valence-corrected chi connectivity index (χ0v) is 11.5. The van der Waals surface area contributed by atoms with Crippen LogP contribution in [0, 0.1) is 0 Å². The molecule has 0 amide bonds. The summed E-state index contributed by atoms with van der Waals surface area (Å²) >= 11 is 3.36. The fourth-order valence-corrected chi connectivity index (χ4v) is 1.77. The van der Waals surface area contributed by atoms with Gasteiger partial charge in [-0.25, -0.2) is 0 Å². The standard InChI is InChI=1S/C13H18BrNO2/c1-13(6-7-13)15-8-11(16)9-17-12-4-2-10(14)3-5-12/h2-5,11,15-16H,6-9H2,1H3. The first-order valence-electron chi connectivity index (χ1n) is 5.89. The second-order valence-electron chi connectivity index (χ2n) is 4.86. The quantitative estimate of drug-likeness (QED) is 0.847.